The van der Waals surface area contributed by atoms with Crippen LogP contribution in [0.5, 0.6) is 0 Å². The number of H-pyrrole nitrogens is 1. The minimum atomic E-state index is -0.957. The number of aromatic amines is 1. The lowest BCUT2D eigenvalue weighted by Crippen LogP contribution is -2.31. The summed E-state index contributed by atoms with van der Waals surface area (Å²) in [5.74, 6) is 1.05. The maximum Gasteiger partial charge on any atom is 0.231 e. The Morgan fingerprint density at radius 2 is 1.80 bits per heavy atom. The van der Waals surface area contributed by atoms with Crippen molar-refractivity contribution in [2.24, 2.45) is 0 Å². The van der Waals surface area contributed by atoms with Crippen LogP contribution in [0.15, 0.2) is 42.6 Å². The molecule has 0 saturated heterocycles. The van der Waals surface area contributed by atoms with Gasteiger partial charge in [-0.15, -0.1) is 5.10 Å². The number of aromatic nitrogens is 8. The maximum absolute atomic E-state index is 5.68. The molecule has 0 aliphatic rings. The fourth-order valence-electron chi connectivity index (χ4n) is 4.13. The van der Waals surface area contributed by atoms with E-state index >= 15 is 0 Å². The highest BCUT2D eigenvalue weighted by atomic mass is 16.7. The van der Waals surface area contributed by atoms with Crippen molar-refractivity contribution in [3.63, 3.8) is 0 Å². The first kappa shape index (κ1) is 24.6. The molecule has 0 fully saturated rings. The van der Waals surface area contributed by atoms with Gasteiger partial charge in [-0.05, 0) is 28.5 Å². The second-order valence-electron chi connectivity index (χ2n) is 8.31. The van der Waals surface area contributed by atoms with Crippen LogP contribution in [0.1, 0.15) is 56.9 Å². The van der Waals surface area contributed by atoms with E-state index in [1.165, 1.54) is 0 Å². The third-order valence-electron chi connectivity index (χ3n) is 6.19. The highest BCUT2D eigenvalue weighted by Gasteiger charge is 2.35. The molecule has 0 bridgehead atoms. The smallest absolute Gasteiger partial charge is 0.231 e. The summed E-state index contributed by atoms with van der Waals surface area (Å²) in [6.45, 7) is 4.98. The Labute approximate surface area is 205 Å². The number of unbranched alkanes of at least 4 members (excludes halogenated alkanes) is 2. The summed E-state index contributed by atoms with van der Waals surface area (Å²) in [5.41, 5.74) is 3.81. The van der Waals surface area contributed by atoms with Crippen molar-refractivity contribution in [1.82, 2.24) is 40.4 Å². The zero-order valence-electron chi connectivity index (χ0n) is 20.7. The summed E-state index contributed by atoms with van der Waals surface area (Å²) in [5, 5.41) is 19.1. The monoisotopic (exact) mass is 476 g/mol. The van der Waals surface area contributed by atoms with Gasteiger partial charge >= 0.3 is 0 Å². The van der Waals surface area contributed by atoms with Crippen molar-refractivity contribution in [2.45, 2.75) is 58.3 Å². The first-order valence-electron chi connectivity index (χ1n) is 12.0. The van der Waals surface area contributed by atoms with E-state index < -0.39 is 5.79 Å². The standard InChI is InChI=1S/C25H32N8O2/c1-5-7-10-15-33-22(27-24(30-33)25(6-2,34-3)35-4)16-19-14-13-18(17-26-19)20-11-8-9-12-21(20)23-28-31-32-29-23/h8-9,11-14,17H,5-7,10,15-16H2,1-4H3,(H,28,29,31,32). The number of tetrazole rings is 1. The first-order valence-corrected chi connectivity index (χ1v) is 12.0. The van der Waals surface area contributed by atoms with Crippen molar-refractivity contribution in [3.05, 3.63) is 59.9 Å². The van der Waals surface area contributed by atoms with Crippen LogP contribution in [-0.4, -0.2) is 54.6 Å². The highest BCUT2D eigenvalue weighted by Crippen LogP contribution is 2.30. The lowest BCUT2D eigenvalue weighted by molar-refractivity contribution is -0.222. The van der Waals surface area contributed by atoms with Gasteiger partial charge in [0.1, 0.15) is 5.82 Å². The molecule has 3 aromatic heterocycles. The largest absolute Gasteiger partial charge is 0.347 e. The van der Waals surface area contributed by atoms with E-state index in [0.717, 1.165) is 54.0 Å². The van der Waals surface area contributed by atoms with Crippen molar-refractivity contribution in [3.8, 4) is 22.5 Å². The number of nitrogens with zero attached hydrogens (tertiary/aromatic N) is 7. The molecule has 0 atom stereocenters. The van der Waals surface area contributed by atoms with Crippen LogP contribution in [0.4, 0.5) is 0 Å². The van der Waals surface area contributed by atoms with Gasteiger partial charge in [0, 0.05) is 56.6 Å². The normalized spacial score (nSPS) is 11.8. The van der Waals surface area contributed by atoms with Crippen LogP contribution >= 0.6 is 0 Å². The third kappa shape index (κ3) is 5.28. The summed E-state index contributed by atoms with van der Waals surface area (Å²) in [6.07, 6.45) is 6.34. The molecule has 35 heavy (non-hydrogen) atoms. The molecule has 0 unspecified atom stereocenters. The summed E-state index contributed by atoms with van der Waals surface area (Å²) in [6, 6.07) is 12.0. The van der Waals surface area contributed by atoms with Crippen LogP contribution in [-0.2, 0) is 28.2 Å². The van der Waals surface area contributed by atoms with Crippen molar-refractivity contribution in [2.75, 3.05) is 14.2 Å². The SMILES string of the molecule is CCCCCn1nc(C(CC)(OC)OC)nc1Cc1ccc(-c2ccccc2-c2nnn[nH]2)cn1. The van der Waals surface area contributed by atoms with Crippen molar-refractivity contribution < 1.29 is 9.47 Å². The maximum atomic E-state index is 5.68. The molecule has 0 spiro atoms. The molecule has 3 heterocycles. The highest BCUT2D eigenvalue weighted by molar-refractivity contribution is 5.79. The lowest BCUT2D eigenvalue weighted by atomic mass is 10.0. The predicted octanol–water partition coefficient (Wildman–Crippen LogP) is 4.16. The number of hydrogen-bond acceptors (Lipinski definition) is 8. The zero-order valence-corrected chi connectivity index (χ0v) is 20.7. The molecule has 0 saturated carbocycles. The number of nitrogens with one attached hydrogen (secondary N) is 1. The van der Waals surface area contributed by atoms with Crippen molar-refractivity contribution >= 4 is 0 Å². The second kappa shape index (κ2) is 11.3. The van der Waals surface area contributed by atoms with E-state index in [1.54, 1.807) is 14.2 Å². The summed E-state index contributed by atoms with van der Waals surface area (Å²) in [7, 11) is 3.24. The Kier molecular flexibility index (Phi) is 7.94. The molecule has 0 aliphatic heterocycles. The fraction of sp³-hybridized carbons (Fsp3) is 0.440. The van der Waals surface area contributed by atoms with Crippen LogP contribution in [0.25, 0.3) is 22.5 Å². The number of hydrogen-bond donors (Lipinski definition) is 1. The van der Waals surface area contributed by atoms with E-state index in [0.29, 0.717) is 24.5 Å². The van der Waals surface area contributed by atoms with Gasteiger partial charge in [-0.2, -0.15) is 5.10 Å². The lowest BCUT2D eigenvalue weighted by Gasteiger charge is -2.26. The van der Waals surface area contributed by atoms with Gasteiger partial charge in [-0.1, -0.05) is 57.0 Å². The molecule has 4 rings (SSSR count). The molecule has 1 N–H and O–H groups in total. The minimum Gasteiger partial charge on any atom is -0.347 e. The van der Waals surface area contributed by atoms with E-state index in [9.17, 15) is 0 Å². The van der Waals surface area contributed by atoms with E-state index in [1.807, 2.05) is 48.1 Å². The zero-order chi connectivity index (χ0) is 24.7. The summed E-state index contributed by atoms with van der Waals surface area (Å²) >= 11 is 0. The quantitative estimate of drug-likeness (QED) is 0.239. The average molecular weight is 477 g/mol. The molecule has 1 aromatic carbocycles. The van der Waals surface area contributed by atoms with Crippen LogP contribution in [0.2, 0.25) is 0 Å². The van der Waals surface area contributed by atoms with E-state index in [2.05, 4.69) is 33.6 Å². The Morgan fingerprint density at radius 3 is 2.43 bits per heavy atom. The van der Waals surface area contributed by atoms with Gasteiger partial charge in [-0.3, -0.25) is 4.98 Å². The summed E-state index contributed by atoms with van der Waals surface area (Å²) < 4.78 is 13.3. The molecule has 10 heteroatoms. The predicted molar refractivity (Wildman–Crippen MR) is 131 cm³/mol. The first-order chi connectivity index (χ1) is 17.1. The minimum absolute atomic E-state index is 0.544. The Hall–Kier alpha value is -3.50. The number of rotatable bonds is 12. The van der Waals surface area contributed by atoms with Crippen LogP contribution < -0.4 is 0 Å². The molecule has 0 aliphatic carbocycles. The molecular weight excluding hydrogens is 444 g/mol. The van der Waals surface area contributed by atoms with Gasteiger partial charge in [0.2, 0.25) is 11.6 Å². The van der Waals surface area contributed by atoms with Gasteiger partial charge in [0.05, 0.1) is 0 Å². The second-order valence-corrected chi connectivity index (χ2v) is 8.31. The Morgan fingerprint density at radius 1 is 1.00 bits per heavy atom. The Bertz CT molecular complexity index is 1190. The third-order valence-corrected chi connectivity index (χ3v) is 6.19. The number of aryl methyl sites for hydroxylation is 1. The molecular formula is C25H32N8O2. The Balaban J connectivity index is 1.61. The number of benzene rings is 1. The fourth-order valence-corrected chi connectivity index (χ4v) is 4.13. The number of methoxy groups -OCH3 is 2. The van der Waals surface area contributed by atoms with Crippen molar-refractivity contribution in [1.29, 1.82) is 0 Å². The van der Waals surface area contributed by atoms with E-state index in [-0.39, 0.29) is 0 Å². The molecule has 184 valence electrons. The topological polar surface area (TPSA) is 117 Å². The molecule has 10 nitrogen and oxygen atoms in total. The number of ether oxygens (including phenoxy) is 2. The number of pyridine rings is 1. The van der Waals surface area contributed by atoms with Gasteiger partial charge < -0.3 is 9.47 Å². The van der Waals surface area contributed by atoms with Gasteiger partial charge in [0.15, 0.2) is 5.82 Å². The van der Waals surface area contributed by atoms with Crippen LogP contribution in [0, 0.1) is 0 Å². The van der Waals surface area contributed by atoms with Gasteiger partial charge in [-0.25, -0.2) is 14.8 Å². The molecule has 0 amide bonds. The van der Waals surface area contributed by atoms with E-state index in [4.69, 9.17) is 24.5 Å². The molecule has 4 aromatic rings. The summed E-state index contributed by atoms with van der Waals surface area (Å²) in [4.78, 5) is 9.57. The molecule has 0 radical (unpaired) electrons. The average Bonchev–Trinajstić information content (AvgIpc) is 3.57. The van der Waals surface area contributed by atoms with Crippen LogP contribution in [0.3, 0.4) is 0 Å². The van der Waals surface area contributed by atoms with Gasteiger partial charge in [0.25, 0.3) is 0 Å².